The molecule has 3 amide bonds. The molecule has 6 N–H and O–H groups in total. The van der Waals surface area contributed by atoms with E-state index in [0.717, 1.165) is 0 Å². The fraction of sp³-hybridized carbons (Fsp3) is 0.333. The van der Waals surface area contributed by atoms with Gasteiger partial charge >= 0.3 is 0 Å². The highest BCUT2D eigenvalue weighted by atomic mass is 16.2. The second kappa shape index (κ2) is 5.55. The number of carbonyl (C=O) groups excluding carboxylic acids is 4. The van der Waals surface area contributed by atoms with Crippen LogP contribution in [0.15, 0.2) is 0 Å². The number of nitrogens with two attached hydrogens (primary N) is 2. The number of Topliss-reactive ketones (excluding diaryl/α,β-unsaturated/α-hetero) is 1. The Kier molecular flexibility index (Phi) is 4.28. The number of aryl methyl sites for hydroxylation is 1. The number of rotatable bonds is 5. The highest BCUT2D eigenvalue weighted by Gasteiger charge is 2.27. The van der Waals surface area contributed by atoms with E-state index in [0.29, 0.717) is 16.8 Å². The molecule has 0 fully saturated rings. The van der Waals surface area contributed by atoms with E-state index in [2.05, 4.69) is 10.3 Å². The first-order valence-electron chi connectivity index (χ1n) is 5.76. The molecule has 0 radical (unpaired) electrons. The summed E-state index contributed by atoms with van der Waals surface area (Å²) < 4.78 is 0. The van der Waals surface area contributed by atoms with Gasteiger partial charge in [-0.05, 0) is 26.3 Å². The number of hydrogen-bond donors (Lipinski definition) is 4. The zero-order valence-electron chi connectivity index (χ0n) is 11.4. The van der Waals surface area contributed by atoms with Crippen molar-refractivity contribution in [3.63, 3.8) is 0 Å². The van der Waals surface area contributed by atoms with Crippen molar-refractivity contribution in [2.75, 3.05) is 0 Å². The highest BCUT2D eigenvalue weighted by molar-refractivity contribution is 6.09. The molecule has 0 aliphatic carbocycles. The summed E-state index contributed by atoms with van der Waals surface area (Å²) in [5, 5.41) is 2.12. The molecule has 1 rings (SSSR count). The molecule has 108 valence electrons. The standard InChI is InChI=1S/C12H16N4O4/c1-4-7(6(3)17)5(2)15-8(4)12(20)16-9(10(13)18)11(14)19/h9,15H,1-3H3,(H2,13,18)(H2,14,19)(H,16,20). The van der Waals surface area contributed by atoms with Gasteiger partial charge in [-0.2, -0.15) is 0 Å². The first-order valence-corrected chi connectivity index (χ1v) is 5.76. The minimum atomic E-state index is -1.61. The third kappa shape index (κ3) is 2.85. The Labute approximate surface area is 114 Å². The molecule has 0 saturated carbocycles. The van der Waals surface area contributed by atoms with Crippen molar-refractivity contribution < 1.29 is 19.2 Å². The van der Waals surface area contributed by atoms with Crippen LogP contribution in [0.3, 0.4) is 0 Å². The molecule has 8 nitrogen and oxygen atoms in total. The zero-order chi connectivity index (χ0) is 15.6. The van der Waals surface area contributed by atoms with Crippen LogP contribution in [0.25, 0.3) is 0 Å². The molecule has 1 aromatic rings. The molecule has 0 aromatic carbocycles. The predicted octanol–water partition coefficient (Wildman–Crippen LogP) is -1.10. The van der Waals surface area contributed by atoms with Gasteiger partial charge in [0.05, 0.1) is 0 Å². The zero-order valence-corrected chi connectivity index (χ0v) is 11.4. The van der Waals surface area contributed by atoms with E-state index in [1.54, 1.807) is 13.8 Å². The lowest BCUT2D eigenvalue weighted by molar-refractivity contribution is -0.128. The van der Waals surface area contributed by atoms with E-state index in [4.69, 9.17) is 11.5 Å². The number of ketones is 1. The molecular formula is C12H16N4O4. The lowest BCUT2D eigenvalue weighted by Gasteiger charge is -2.11. The second-order valence-electron chi connectivity index (χ2n) is 4.39. The summed E-state index contributed by atoms with van der Waals surface area (Å²) in [4.78, 5) is 48.2. The quantitative estimate of drug-likeness (QED) is 0.400. The van der Waals surface area contributed by atoms with Gasteiger partial charge in [0.1, 0.15) is 5.69 Å². The van der Waals surface area contributed by atoms with Gasteiger partial charge in [-0.25, -0.2) is 0 Å². The van der Waals surface area contributed by atoms with Gasteiger partial charge in [-0.15, -0.1) is 0 Å². The second-order valence-corrected chi connectivity index (χ2v) is 4.39. The van der Waals surface area contributed by atoms with Crippen LogP contribution in [0.2, 0.25) is 0 Å². The molecule has 0 spiro atoms. The summed E-state index contributed by atoms with van der Waals surface area (Å²) in [6.07, 6.45) is 0. The maximum atomic E-state index is 12.0. The molecule has 0 saturated heterocycles. The van der Waals surface area contributed by atoms with Crippen LogP contribution in [-0.4, -0.2) is 34.5 Å². The Morgan fingerprint density at radius 1 is 1.10 bits per heavy atom. The first-order chi connectivity index (χ1) is 9.16. The van der Waals surface area contributed by atoms with Gasteiger partial charge in [-0.1, -0.05) is 0 Å². The smallest absolute Gasteiger partial charge is 0.269 e. The molecule has 0 unspecified atom stereocenters. The molecule has 0 bridgehead atoms. The number of H-pyrrole nitrogens is 1. The minimum absolute atomic E-state index is 0.0835. The lowest BCUT2D eigenvalue weighted by atomic mass is 10.1. The summed E-state index contributed by atoms with van der Waals surface area (Å²) >= 11 is 0. The van der Waals surface area contributed by atoms with E-state index in [1.165, 1.54) is 6.92 Å². The van der Waals surface area contributed by atoms with Gasteiger partial charge in [0, 0.05) is 11.3 Å². The van der Waals surface area contributed by atoms with Crippen molar-refractivity contribution in [1.82, 2.24) is 10.3 Å². The molecule has 1 heterocycles. The monoisotopic (exact) mass is 280 g/mol. The number of nitrogens with one attached hydrogen (secondary N) is 2. The third-order valence-electron chi connectivity index (χ3n) is 2.86. The molecule has 8 heteroatoms. The van der Waals surface area contributed by atoms with Crippen LogP contribution in [0, 0.1) is 13.8 Å². The number of primary amides is 2. The molecule has 0 aliphatic heterocycles. The Bertz CT molecular complexity index is 589. The van der Waals surface area contributed by atoms with Gasteiger partial charge in [0.2, 0.25) is 11.8 Å². The Balaban J connectivity index is 3.11. The lowest BCUT2D eigenvalue weighted by Crippen LogP contribution is -2.52. The largest absolute Gasteiger partial charge is 0.367 e. The van der Waals surface area contributed by atoms with Crippen LogP contribution in [0.1, 0.15) is 39.0 Å². The van der Waals surface area contributed by atoms with Gasteiger partial charge in [0.25, 0.3) is 5.91 Å². The van der Waals surface area contributed by atoms with Gasteiger partial charge in [0.15, 0.2) is 11.8 Å². The average molecular weight is 280 g/mol. The van der Waals surface area contributed by atoms with Crippen LogP contribution >= 0.6 is 0 Å². The fourth-order valence-electron chi connectivity index (χ4n) is 1.99. The SMILES string of the molecule is CC(=O)c1c(C)[nH]c(C(=O)NC(C(N)=O)C(N)=O)c1C. The Morgan fingerprint density at radius 2 is 1.60 bits per heavy atom. The van der Waals surface area contributed by atoms with Crippen LogP contribution < -0.4 is 16.8 Å². The van der Waals surface area contributed by atoms with Crippen LogP contribution in [-0.2, 0) is 9.59 Å². The van der Waals surface area contributed by atoms with Crippen molar-refractivity contribution in [1.29, 1.82) is 0 Å². The van der Waals surface area contributed by atoms with E-state index < -0.39 is 23.8 Å². The van der Waals surface area contributed by atoms with E-state index >= 15 is 0 Å². The van der Waals surface area contributed by atoms with Gasteiger partial charge < -0.3 is 21.8 Å². The maximum Gasteiger partial charge on any atom is 0.269 e. The van der Waals surface area contributed by atoms with Crippen LogP contribution in [0.5, 0.6) is 0 Å². The van der Waals surface area contributed by atoms with E-state index in [-0.39, 0.29) is 11.5 Å². The van der Waals surface area contributed by atoms with Crippen molar-refractivity contribution in [2.45, 2.75) is 26.8 Å². The summed E-state index contributed by atoms with van der Waals surface area (Å²) in [5.74, 6) is -3.05. The molecule has 1 aromatic heterocycles. The summed E-state index contributed by atoms with van der Waals surface area (Å²) in [6.45, 7) is 4.60. The third-order valence-corrected chi connectivity index (χ3v) is 2.86. The predicted molar refractivity (Wildman–Crippen MR) is 69.9 cm³/mol. The molecular weight excluding hydrogens is 264 g/mol. The maximum absolute atomic E-state index is 12.0. The van der Waals surface area contributed by atoms with Gasteiger partial charge in [-0.3, -0.25) is 19.2 Å². The normalized spacial score (nSPS) is 10.4. The van der Waals surface area contributed by atoms with E-state index in [1.807, 2.05) is 0 Å². The fourth-order valence-corrected chi connectivity index (χ4v) is 1.99. The number of hydrogen-bond acceptors (Lipinski definition) is 4. The number of amides is 3. The van der Waals surface area contributed by atoms with Crippen molar-refractivity contribution in [3.8, 4) is 0 Å². The van der Waals surface area contributed by atoms with Crippen molar-refractivity contribution in [3.05, 3.63) is 22.5 Å². The Morgan fingerprint density at radius 3 is 1.95 bits per heavy atom. The van der Waals surface area contributed by atoms with Crippen molar-refractivity contribution in [2.24, 2.45) is 11.5 Å². The summed E-state index contributed by atoms with van der Waals surface area (Å²) in [5.41, 5.74) is 11.4. The van der Waals surface area contributed by atoms with Crippen molar-refractivity contribution >= 4 is 23.5 Å². The topological polar surface area (TPSA) is 148 Å². The number of aromatic amines is 1. The molecule has 0 atom stereocenters. The summed E-state index contributed by atoms with van der Waals surface area (Å²) in [6, 6.07) is -1.61. The molecule has 20 heavy (non-hydrogen) atoms. The average Bonchev–Trinajstić information content (AvgIpc) is 2.60. The molecule has 0 aliphatic rings. The summed E-state index contributed by atoms with van der Waals surface area (Å²) in [7, 11) is 0. The number of carbonyl (C=O) groups is 4. The highest BCUT2D eigenvalue weighted by Crippen LogP contribution is 2.18. The first kappa shape index (κ1) is 15.4. The number of aromatic nitrogens is 1. The minimum Gasteiger partial charge on any atom is -0.367 e. The van der Waals surface area contributed by atoms with E-state index in [9.17, 15) is 19.2 Å². The Hall–Kier alpha value is -2.64. The van der Waals surface area contributed by atoms with Crippen LogP contribution in [0.4, 0.5) is 0 Å².